The van der Waals surface area contributed by atoms with Crippen LogP contribution in [-0.4, -0.2) is 16.8 Å². The van der Waals surface area contributed by atoms with Crippen LogP contribution in [0, 0.1) is 6.92 Å². The Labute approximate surface area is 122 Å². The summed E-state index contributed by atoms with van der Waals surface area (Å²) < 4.78 is 0. The first-order chi connectivity index (χ1) is 10.1. The number of nitrogens with zero attached hydrogens (tertiary/aromatic N) is 1. The molecule has 0 bridgehead atoms. The van der Waals surface area contributed by atoms with Crippen molar-refractivity contribution < 1.29 is 9.90 Å². The zero-order chi connectivity index (χ0) is 14.8. The minimum absolute atomic E-state index is 0.192. The SMILES string of the molecule is Cc1ccc(C2=N/C(=C\c3ccc(O)cc3)C(=O)N2)cc1. The number of hydrogen-bond donors (Lipinski definition) is 2. The van der Waals surface area contributed by atoms with Crippen molar-refractivity contribution >= 4 is 17.8 Å². The fraction of sp³-hybridized carbons (Fsp3) is 0.0588. The summed E-state index contributed by atoms with van der Waals surface area (Å²) in [6.07, 6.45) is 1.69. The van der Waals surface area contributed by atoms with Crippen LogP contribution in [-0.2, 0) is 4.79 Å². The molecule has 104 valence electrons. The number of aliphatic imine (C=N–C) groups is 1. The van der Waals surface area contributed by atoms with Gasteiger partial charge >= 0.3 is 0 Å². The molecule has 0 radical (unpaired) electrons. The van der Waals surface area contributed by atoms with Crippen LogP contribution in [0.2, 0.25) is 0 Å². The lowest BCUT2D eigenvalue weighted by molar-refractivity contribution is -0.115. The van der Waals surface area contributed by atoms with Crippen molar-refractivity contribution in [2.75, 3.05) is 0 Å². The zero-order valence-electron chi connectivity index (χ0n) is 11.5. The lowest BCUT2D eigenvalue weighted by Crippen LogP contribution is -2.24. The highest BCUT2D eigenvalue weighted by molar-refractivity contribution is 6.19. The number of carbonyl (C=O) groups is 1. The largest absolute Gasteiger partial charge is 0.508 e. The minimum atomic E-state index is -0.223. The van der Waals surface area contributed by atoms with Gasteiger partial charge in [-0.2, -0.15) is 0 Å². The van der Waals surface area contributed by atoms with Gasteiger partial charge < -0.3 is 10.4 Å². The second kappa shape index (κ2) is 5.25. The van der Waals surface area contributed by atoms with Gasteiger partial charge in [0, 0.05) is 5.56 Å². The van der Waals surface area contributed by atoms with E-state index in [4.69, 9.17) is 0 Å². The average Bonchev–Trinajstić information content (AvgIpc) is 2.83. The van der Waals surface area contributed by atoms with E-state index in [0.717, 1.165) is 16.7 Å². The Morgan fingerprint density at radius 2 is 1.71 bits per heavy atom. The van der Waals surface area contributed by atoms with Crippen molar-refractivity contribution in [3.8, 4) is 5.75 Å². The number of aromatic hydroxyl groups is 1. The number of benzene rings is 2. The highest BCUT2D eigenvalue weighted by atomic mass is 16.3. The van der Waals surface area contributed by atoms with Crippen LogP contribution in [0.5, 0.6) is 5.75 Å². The molecule has 0 aliphatic carbocycles. The topological polar surface area (TPSA) is 61.7 Å². The molecule has 0 saturated carbocycles. The Bertz CT molecular complexity index is 741. The van der Waals surface area contributed by atoms with Crippen molar-refractivity contribution in [3.63, 3.8) is 0 Å². The third-order valence-electron chi connectivity index (χ3n) is 3.22. The number of phenols is 1. The van der Waals surface area contributed by atoms with Crippen LogP contribution < -0.4 is 5.32 Å². The van der Waals surface area contributed by atoms with Crippen LogP contribution in [0.15, 0.2) is 59.2 Å². The third-order valence-corrected chi connectivity index (χ3v) is 3.22. The van der Waals surface area contributed by atoms with Crippen LogP contribution in [0.1, 0.15) is 16.7 Å². The lowest BCUT2D eigenvalue weighted by atomic mass is 10.1. The van der Waals surface area contributed by atoms with E-state index in [0.29, 0.717) is 11.5 Å². The normalized spacial score (nSPS) is 16.0. The first-order valence-corrected chi connectivity index (χ1v) is 6.60. The maximum absolute atomic E-state index is 12.0. The van der Waals surface area contributed by atoms with Gasteiger partial charge in [-0.15, -0.1) is 0 Å². The van der Waals surface area contributed by atoms with Gasteiger partial charge in [0.2, 0.25) is 0 Å². The van der Waals surface area contributed by atoms with Gasteiger partial charge in [0.1, 0.15) is 17.3 Å². The first-order valence-electron chi connectivity index (χ1n) is 6.60. The molecule has 4 heteroatoms. The highest BCUT2D eigenvalue weighted by Crippen LogP contribution is 2.17. The van der Waals surface area contributed by atoms with Gasteiger partial charge in [0.05, 0.1) is 0 Å². The maximum atomic E-state index is 12.0. The van der Waals surface area contributed by atoms with Crippen molar-refractivity contribution in [2.45, 2.75) is 6.92 Å². The maximum Gasteiger partial charge on any atom is 0.275 e. The summed E-state index contributed by atoms with van der Waals surface area (Å²) >= 11 is 0. The van der Waals surface area contributed by atoms with E-state index >= 15 is 0 Å². The monoisotopic (exact) mass is 278 g/mol. The number of amides is 1. The molecule has 0 unspecified atom stereocenters. The second-order valence-corrected chi connectivity index (χ2v) is 4.90. The molecule has 3 rings (SSSR count). The summed E-state index contributed by atoms with van der Waals surface area (Å²) in [5, 5.41) is 12.0. The van der Waals surface area contributed by atoms with Crippen LogP contribution in [0.3, 0.4) is 0 Å². The van der Waals surface area contributed by atoms with E-state index in [2.05, 4.69) is 10.3 Å². The fourth-order valence-electron chi connectivity index (χ4n) is 2.05. The van der Waals surface area contributed by atoms with E-state index < -0.39 is 0 Å². The first kappa shape index (κ1) is 13.1. The predicted molar refractivity (Wildman–Crippen MR) is 81.9 cm³/mol. The number of phenolic OH excluding ortho intramolecular Hbond substituents is 1. The van der Waals surface area contributed by atoms with Crippen molar-refractivity contribution in [1.82, 2.24) is 5.32 Å². The summed E-state index contributed by atoms with van der Waals surface area (Å²) in [6, 6.07) is 14.4. The van der Waals surface area contributed by atoms with Crippen LogP contribution >= 0.6 is 0 Å². The highest BCUT2D eigenvalue weighted by Gasteiger charge is 2.20. The molecule has 1 aliphatic heterocycles. The number of nitrogens with one attached hydrogen (secondary N) is 1. The summed E-state index contributed by atoms with van der Waals surface area (Å²) in [6.45, 7) is 2.01. The molecular weight excluding hydrogens is 264 g/mol. The Balaban J connectivity index is 1.91. The number of hydrogen-bond acceptors (Lipinski definition) is 3. The second-order valence-electron chi connectivity index (χ2n) is 4.90. The van der Waals surface area contributed by atoms with Crippen LogP contribution in [0.4, 0.5) is 0 Å². The van der Waals surface area contributed by atoms with E-state index in [1.54, 1.807) is 30.3 Å². The molecular formula is C17H14N2O2. The molecule has 0 saturated heterocycles. The quantitative estimate of drug-likeness (QED) is 0.829. The van der Waals surface area contributed by atoms with Gasteiger partial charge in [-0.3, -0.25) is 4.79 Å². The predicted octanol–water partition coefficient (Wildman–Crippen LogP) is 2.62. The number of amidine groups is 1. The summed E-state index contributed by atoms with van der Waals surface area (Å²) in [4.78, 5) is 16.3. The molecule has 2 aromatic carbocycles. The van der Waals surface area contributed by atoms with E-state index in [-0.39, 0.29) is 11.7 Å². The van der Waals surface area contributed by atoms with E-state index in [1.165, 1.54) is 0 Å². The van der Waals surface area contributed by atoms with Crippen molar-refractivity contribution in [3.05, 3.63) is 70.9 Å². The van der Waals surface area contributed by atoms with E-state index in [1.807, 2.05) is 31.2 Å². The van der Waals surface area contributed by atoms with E-state index in [9.17, 15) is 9.90 Å². The number of aryl methyl sites for hydroxylation is 1. The zero-order valence-corrected chi connectivity index (χ0v) is 11.5. The molecule has 0 atom stereocenters. The summed E-state index contributed by atoms with van der Waals surface area (Å²) in [7, 11) is 0. The molecule has 2 aromatic rings. The van der Waals surface area contributed by atoms with Crippen LogP contribution in [0.25, 0.3) is 6.08 Å². The fourth-order valence-corrected chi connectivity index (χ4v) is 2.05. The Hall–Kier alpha value is -2.88. The Kier molecular flexibility index (Phi) is 3.28. The van der Waals surface area contributed by atoms with Gasteiger partial charge in [0.25, 0.3) is 5.91 Å². The summed E-state index contributed by atoms with van der Waals surface area (Å²) in [5.41, 5.74) is 3.20. The molecule has 21 heavy (non-hydrogen) atoms. The standard InChI is InChI=1S/C17H14N2O2/c1-11-2-6-13(7-3-11)16-18-15(17(21)19-16)10-12-4-8-14(20)9-5-12/h2-10,20H,1H3,(H,18,19,21)/b15-10-. The molecule has 0 spiro atoms. The van der Waals surface area contributed by atoms with Gasteiger partial charge in [-0.25, -0.2) is 4.99 Å². The smallest absolute Gasteiger partial charge is 0.275 e. The molecule has 0 fully saturated rings. The molecule has 1 amide bonds. The van der Waals surface area contributed by atoms with Gasteiger partial charge in [-0.05, 0) is 30.7 Å². The van der Waals surface area contributed by atoms with Gasteiger partial charge in [-0.1, -0.05) is 42.0 Å². The minimum Gasteiger partial charge on any atom is -0.508 e. The number of rotatable bonds is 2. The molecule has 1 heterocycles. The molecule has 0 aromatic heterocycles. The number of carbonyl (C=O) groups excluding carboxylic acids is 1. The molecule has 2 N–H and O–H groups in total. The Morgan fingerprint density at radius 3 is 2.38 bits per heavy atom. The molecule has 1 aliphatic rings. The molecule has 4 nitrogen and oxygen atoms in total. The van der Waals surface area contributed by atoms with Gasteiger partial charge in [0.15, 0.2) is 0 Å². The summed E-state index contributed by atoms with van der Waals surface area (Å²) in [5.74, 6) is 0.528. The lowest BCUT2D eigenvalue weighted by Gasteiger charge is -2.00. The Morgan fingerprint density at radius 1 is 1.05 bits per heavy atom. The average molecular weight is 278 g/mol. The van der Waals surface area contributed by atoms with Crippen molar-refractivity contribution in [2.24, 2.45) is 4.99 Å². The van der Waals surface area contributed by atoms with Crippen molar-refractivity contribution in [1.29, 1.82) is 0 Å². The third kappa shape index (κ3) is 2.84.